The van der Waals surface area contributed by atoms with E-state index in [0.29, 0.717) is 24.3 Å². The average molecular weight is 290 g/mol. The van der Waals surface area contributed by atoms with Crippen LogP contribution in [-0.4, -0.2) is 53.6 Å². The van der Waals surface area contributed by atoms with Crippen molar-refractivity contribution in [1.29, 1.82) is 0 Å². The predicted octanol–water partition coefficient (Wildman–Crippen LogP) is 0.107. The highest BCUT2D eigenvalue weighted by Crippen LogP contribution is 2.25. The monoisotopic (exact) mass is 290 g/mol. The SMILES string of the molecule is O=C1Cc2ccc(C(=O)N3CCOCC3C(=O)O)cc2N1. The molecule has 1 aromatic carbocycles. The number of hydrogen-bond donors (Lipinski definition) is 2. The maximum Gasteiger partial charge on any atom is 0.328 e. The van der Waals surface area contributed by atoms with E-state index in [-0.39, 0.29) is 25.0 Å². The zero-order chi connectivity index (χ0) is 15.0. The Morgan fingerprint density at radius 2 is 2.19 bits per heavy atom. The summed E-state index contributed by atoms with van der Waals surface area (Å²) in [6.07, 6.45) is 0.305. The molecule has 7 nitrogen and oxygen atoms in total. The van der Waals surface area contributed by atoms with E-state index in [1.54, 1.807) is 18.2 Å². The second-order valence-corrected chi connectivity index (χ2v) is 5.02. The quantitative estimate of drug-likeness (QED) is 0.805. The smallest absolute Gasteiger partial charge is 0.328 e. The number of carbonyl (C=O) groups is 3. The van der Waals surface area contributed by atoms with Crippen LogP contribution in [0.4, 0.5) is 5.69 Å². The Kier molecular flexibility index (Phi) is 3.34. The van der Waals surface area contributed by atoms with Crippen molar-refractivity contribution < 1.29 is 24.2 Å². The van der Waals surface area contributed by atoms with Gasteiger partial charge in [-0.2, -0.15) is 0 Å². The van der Waals surface area contributed by atoms with Gasteiger partial charge in [0.05, 0.1) is 19.6 Å². The predicted molar refractivity (Wildman–Crippen MR) is 72.1 cm³/mol. The summed E-state index contributed by atoms with van der Waals surface area (Å²) in [6.45, 7) is 0.541. The number of rotatable bonds is 2. The van der Waals surface area contributed by atoms with Crippen LogP contribution >= 0.6 is 0 Å². The summed E-state index contributed by atoms with van der Waals surface area (Å²) in [5, 5.41) is 11.8. The van der Waals surface area contributed by atoms with Gasteiger partial charge in [-0.3, -0.25) is 9.59 Å². The van der Waals surface area contributed by atoms with Crippen molar-refractivity contribution in [3.8, 4) is 0 Å². The molecule has 0 spiro atoms. The number of carboxylic acids is 1. The third-order valence-electron chi connectivity index (χ3n) is 3.66. The Morgan fingerprint density at radius 1 is 1.38 bits per heavy atom. The van der Waals surface area contributed by atoms with E-state index in [1.807, 2.05) is 0 Å². The molecule has 0 radical (unpaired) electrons. The van der Waals surface area contributed by atoms with Crippen molar-refractivity contribution >= 4 is 23.5 Å². The zero-order valence-electron chi connectivity index (χ0n) is 11.2. The fourth-order valence-corrected chi connectivity index (χ4v) is 2.56. The molecular formula is C14H14N2O5. The maximum absolute atomic E-state index is 12.5. The van der Waals surface area contributed by atoms with E-state index in [1.165, 1.54) is 4.90 Å². The van der Waals surface area contributed by atoms with Crippen LogP contribution in [0.15, 0.2) is 18.2 Å². The molecule has 3 rings (SSSR count). The second kappa shape index (κ2) is 5.17. The van der Waals surface area contributed by atoms with E-state index >= 15 is 0 Å². The number of anilines is 1. The van der Waals surface area contributed by atoms with Crippen LogP contribution in [0.1, 0.15) is 15.9 Å². The minimum atomic E-state index is -1.09. The molecule has 2 aliphatic rings. The molecule has 2 amide bonds. The molecule has 0 bridgehead atoms. The number of ether oxygens (including phenoxy) is 1. The summed E-state index contributed by atoms with van der Waals surface area (Å²) in [6, 6.07) is 3.96. The second-order valence-electron chi connectivity index (χ2n) is 5.02. The lowest BCUT2D eigenvalue weighted by molar-refractivity contribution is -0.147. The fraction of sp³-hybridized carbons (Fsp3) is 0.357. The number of nitrogens with one attached hydrogen (secondary N) is 1. The Bertz CT molecular complexity index is 628. The largest absolute Gasteiger partial charge is 0.480 e. The van der Waals surface area contributed by atoms with Crippen LogP contribution in [0.5, 0.6) is 0 Å². The van der Waals surface area contributed by atoms with Crippen LogP contribution in [-0.2, 0) is 20.7 Å². The van der Waals surface area contributed by atoms with Gasteiger partial charge in [0.25, 0.3) is 5.91 Å². The molecule has 110 valence electrons. The normalized spacial score (nSPS) is 20.9. The summed E-state index contributed by atoms with van der Waals surface area (Å²) >= 11 is 0. The van der Waals surface area contributed by atoms with E-state index in [0.717, 1.165) is 5.56 Å². The molecule has 2 aliphatic heterocycles. The molecule has 1 unspecified atom stereocenters. The summed E-state index contributed by atoms with van der Waals surface area (Å²) in [4.78, 5) is 36.3. The number of carbonyl (C=O) groups excluding carboxylic acids is 2. The van der Waals surface area contributed by atoms with E-state index < -0.39 is 12.0 Å². The molecule has 1 fully saturated rings. The molecule has 0 aromatic heterocycles. The van der Waals surface area contributed by atoms with Gasteiger partial charge in [0, 0.05) is 17.8 Å². The van der Waals surface area contributed by atoms with Crippen LogP contribution in [0.25, 0.3) is 0 Å². The number of amides is 2. The first-order chi connectivity index (χ1) is 10.1. The molecule has 0 aliphatic carbocycles. The minimum absolute atomic E-state index is 0.0112. The first kappa shape index (κ1) is 13.6. The maximum atomic E-state index is 12.5. The molecule has 1 atom stereocenters. The average Bonchev–Trinajstić information content (AvgIpc) is 2.85. The summed E-state index contributed by atoms with van der Waals surface area (Å²) in [5.74, 6) is -1.56. The highest BCUT2D eigenvalue weighted by Gasteiger charge is 2.33. The topological polar surface area (TPSA) is 95.9 Å². The summed E-state index contributed by atoms with van der Waals surface area (Å²) in [7, 11) is 0. The van der Waals surface area contributed by atoms with Crippen LogP contribution in [0.3, 0.4) is 0 Å². The van der Waals surface area contributed by atoms with Crippen molar-refractivity contribution in [2.45, 2.75) is 12.5 Å². The van der Waals surface area contributed by atoms with Gasteiger partial charge in [-0.25, -0.2) is 4.79 Å². The van der Waals surface area contributed by atoms with Crippen molar-refractivity contribution in [1.82, 2.24) is 4.90 Å². The number of carboxylic acid groups (broad SMARTS) is 1. The number of benzene rings is 1. The molecule has 1 saturated heterocycles. The molecule has 2 N–H and O–H groups in total. The number of fused-ring (bicyclic) bond motifs is 1. The molecule has 2 heterocycles. The van der Waals surface area contributed by atoms with Gasteiger partial charge < -0.3 is 20.1 Å². The molecule has 21 heavy (non-hydrogen) atoms. The van der Waals surface area contributed by atoms with Crippen LogP contribution in [0.2, 0.25) is 0 Å². The molecule has 1 aromatic rings. The number of aliphatic carboxylic acids is 1. The zero-order valence-corrected chi connectivity index (χ0v) is 11.2. The first-order valence-corrected chi connectivity index (χ1v) is 6.60. The van der Waals surface area contributed by atoms with Gasteiger partial charge in [-0.1, -0.05) is 6.07 Å². The standard InChI is InChI=1S/C14H14N2O5/c17-12-6-8-1-2-9(5-10(8)15-12)13(18)16-3-4-21-7-11(16)14(19)20/h1-2,5,11H,3-4,6-7H2,(H,15,17)(H,19,20). The lowest BCUT2D eigenvalue weighted by atomic mass is 10.1. The van der Waals surface area contributed by atoms with Gasteiger partial charge in [-0.15, -0.1) is 0 Å². The molecule has 0 saturated carbocycles. The Morgan fingerprint density at radius 3 is 2.95 bits per heavy atom. The summed E-state index contributed by atoms with van der Waals surface area (Å²) in [5.41, 5.74) is 1.82. The van der Waals surface area contributed by atoms with E-state index in [4.69, 9.17) is 9.84 Å². The van der Waals surface area contributed by atoms with Crippen molar-refractivity contribution in [2.75, 3.05) is 25.1 Å². The highest BCUT2D eigenvalue weighted by atomic mass is 16.5. The number of nitrogens with zero attached hydrogens (tertiary/aromatic N) is 1. The van der Waals surface area contributed by atoms with Gasteiger partial charge >= 0.3 is 5.97 Å². The van der Waals surface area contributed by atoms with Crippen molar-refractivity contribution in [3.63, 3.8) is 0 Å². The highest BCUT2D eigenvalue weighted by molar-refractivity contribution is 6.03. The Balaban J connectivity index is 1.86. The number of hydrogen-bond acceptors (Lipinski definition) is 4. The van der Waals surface area contributed by atoms with Crippen LogP contribution < -0.4 is 5.32 Å². The third kappa shape index (κ3) is 2.47. The molecule has 7 heteroatoms. The van der Waals surface area contributed by atoms with Crippen molar-refractivity contribution in [2.24, 2.45) is 0 Å². The lowest BCUT2D eigenvalue weighted by Gasteiger charge is -2.32. The van der Waals surface area contributed by atoms with Gasteiger partial charge in [0.2, 0.25) is 5.91 Å². The van der Waals surface area contributed by atoms with Gasteiger partial charge in [0.1, 0.15) is 0 Å². The third-order valence-corrected chi connectivity index (χ3v) is 3.66. The molecular weight excluding hydrogens is 276 g/mol. The van der Waals surface area contributed by atoms with Crippen LogP contribution in [0, 0.1) is 0 Å². The van der Waals surface area contributed by atoms with Gasteiger partial charge in [0.15, 0.2) is 6.04 Å². The van der Waals surface area contributed by atoms with Crippen molar-refractivity contribution in [3.05, 3.63) is 29.3 Å². The minimum Gasteiger partial charge on any atom is -0.480 e. The first-order valence-electron chi connectivity index (χ1n) is 6.60. The van der Waals surface area contributed by atoms with Gasteiger partial charge in [-0.05, 0) is 17.7 Å². The Labute approximate surface area is 120 Å². The summed E-state index contributed by atoms with van der Waals surface area (Å²) < 4.78 is 5.12. The van der Waals surface area contributed by atoms with E-state index in [2.05, 4.69) is 5.32 Å². The Hall–Kier alpha value is -2.41. The van der Waals surface area contributed by atoms with E-state index in [9.17, 15) is 14.4 Å². The fourth-order valence-electron chi connectivity index (χ4n) is 2.56. The lowest BCUT2D eigenvalue weighted by Crippen LogP contribution is -2.52. The number of morpholine rings is 1.